The first-order chi connectivity index (χ1) is 10.6. The molecule has 5 heteroatoms. The van der Waals surface area contributed by atoms with Gasteiger partial charge in [0, 0.05) is 19.6 Å². The molecule has 2 aliphatic heterocycles. The molecule has 1 N–H and O–H groups in total. The van der Waals surface area contributed by atoms with Crippen LogP contribution in [0, 0.1) is 0 Å². The zero-order valence-corrected chi connectivity index (χ0v) is 12.9. The fraction of sp³-hybridized carbons (Fsp3) is 0.529. The highest BCUT2D eigenvalue weighted by Gasteiger charge is 2.37. The van der Waals surface area contributed by atoms with E-state index in [1.54, 1.807) is 4.90 Å². The number of carbonyl (C=O) groups excluding carboxylic acids is 1. The second-order valence-electron chi connectivity index (χ2n) is 6.19. The molecule has 2 heterocycles. The minimum absolute atomic E-state index is 0.0516. The predicted molar refractivity (Wildman–Crippen MR) is 82.4 cm³/mol. The number of benzene rings is 1. The summed E-state index contributed by atoms with van der Waals surface area (Å²) in [6, 6.07) is 7.40. The minimum Gasteiger partial charge on any atom is -0.480 e. The Morgan fingerprint density at radius 1 is 1.23 bits per heavy atom. The fourth-order valence-electron chi connectivity index (χ4n) is 3.53. The highest BCUT2D eigenvalue weighted by molar-refractivity contribution is 5.87. The molecule has 1 aromatic rings. The van der Waals surface area contributed by atoms with Crippen molar-refractivity contribution < 1.29 is 14.7 Å². The number of hydrogen-bond donors (Lipinski definition) is 1. The van der Waals surface area contributed by atoms with Crippen LogP contribution in [0.4, 0.5) is 0 Å². The molecule has 22 heavy (non-hydrogen) atoms. The summed E-state index contributed by atoms with van der Waals surface area (Å²) >= 11 is 0. The third-order valence-corrected chi connectivity index (χ3v) is 4.89. The maximum atomic E-state index is 12.7. The van der Waals surface area contributed by atoms with Gasteiger partial charge in [0.1, 0.15) is 6.04 Å². The molecule has 0 bridgehead atoms. The average molecular weight is 302 g/mol. The molecule has 0 aromatic heterocycles. The van der Waals surface area contributed by atoms with E-state index in [9.17, 15) is 14.7 Å². The molecular formula is C17H22N2O3. The molecule has 0 spiro atoms. The molecule has 1 aromatic carbocycles. The SMILES string of the molecule is C[C@H](C(=O)N1CCC[C@@H]1C(=O)O)N1CCc2ccccc2C1. The van der Waals surface area contributed by atoms with Crippen molar-refractivity contribution in [2.75, 3.05) is 13.1 Å². The van der Waals surface area contributed by atoms with Gasteiger partial charge in [-0.25, -0.2) is 4.79 Å². The average Bonchev–Trinajstić information content (AvgIpc) is 3.03. The zero-order valence-electron chi connectivity index (χ0n) is 12.9. The minimum atomic E-state index is -0.887. The second kappa shape index (κ2) is 6.08. The second-order valence-corrected chi connectivity index (χ2v) is 6.19. The summed E-state index contributed by atoms with van der Waals surface area (Å²) < 4.78 is 0. The van der Waals surface area contributed by atoms with Crippen LogP contribution in [0.3, 0.4) is 0 Å². The first-order valence-corrected chi connectivity index (χ1v) is 7.92. The standard InChI is InChI=1S/C17H22N2O3/c1-12(16(20)19-9-4-7-15(19)17(21)22)18-10-8-13-5-2-3-6-14(13)11-18/h2-3,5-6,12,15H,4,7-11H2,1H3,(H,21,22)/t12-,15-/m1/s1. The van der Waals surface area contributed by atoms with Gasteiger partial charge in [-0.1, -0.05) is 24.3 Å². The van der Waals surface area contributed by atoms with Crippen molar-refractivity contribution >= 4 is 11.9 Å². The Morgan fingerprint density at radius 2 is 1.95 bits per heavy atom. The van der Waals surface area contributed by atoms with Gasteiger partial charge < -0.3 is 10.0 Å². The van der Waals surface area contributed by atoms with Crippen LogP contribution in [0.1, 0.15) is 30.9 Å². The fourth-order valence-corrected chi connectivity index (χ4v) is 3.53. The largest absolute Gasteiger partial charge is 0.480 e. The van der Waals surface area contributed by atoms with E-state index >= 15 is 0 Å². The highest BCUT2D eigenvalue weighted by atomic mass is 16.4. The Bertz CT molecular complexity index is 587. The van der Waals surface area contributed by atoms with Crippen molar-refractivity contribution in [3.8, 4) is 0 Å². The van der Waals surface area contributed by atoms with E-state index in [-0.39, 0.29) is 11.9 Å². The van der Waals surface area contributed by atoms with Crippen LogP contribution in [0.15, 0.2) is 24.3 Å². The Labute approximate surface area is 130 Å². The molecular weight excluding hydrogens is 280 g/mol. The number of carboxylic acids is 1. The normalized spacial score (nSPS) is 23.1. The summed E-state index contributed by atoms with van der Waals surface area (Å²) in [4.78, 5) is 27.7. The van der Waals surface area contributed by atoms with Gasteiger partial charge in [-0.3, -0.25) is 9.69 Å². The van der Waals surface area contributed by atoms with E-state index in [1.807, 2.05) is 19.1 Å². The van der Waals surface area contributed by atoms with E-state index in [0.717, 1.165) is 25.9 Å². The third kappa shape index (κ3) is 2.73. The first-order valence-electron chi connectivity index (χ1n) is 7.92. The quantitative estimate of drug-likeness (QED) is 0.919. The molecule has 2 aliphatic rings. The highest BCUT2D eigenvalue weighted by Crippen LogP contribution is 2.24. The van der Waals surface area contributed by atoms with E-state index in [4.69, 9.17) is 0 Å². The van der Waals surface area contributed by atoms with Crippen LogP contribution in [0.5, 0.6) is 0 Å². The van der Waals surface area contributed by atoms with Crippen molar-refractivity contribution in [1.82, 2.24) is 9.80 Å². The molecule has 118 valence electrons. The lowest BCUT2D eigenvalue weighted by atomic mass is 9.98. The van der Waals surface area contributed by atoms with E-state index in [2.05, 4.69) is 17.0 Å². The van der Waals surface area contributed by atoms with E-state index in [1.165, 1.54) is 11.1 Å². The van der Waals surface area contributed by atoms with Crippen molar-refractivity contribution in [2.24, 2.45) is 0 Å². The monoisotopic (exact) mass is 302 g/mol. The molecule has 3 rings (SSSR count). The van der Waals surface area contributed by atoms with Crippen molar-refractivity contribution in [3.05, 3.63) is 35.4 Å². The number of nitrogens with zero attached hydrogens (tertiary/aromatic N) is 2. The lowest BCUT2D eigenvalue weighted by Gasteiger charge is -2.35. The van der Waals surface area contributed by atoms with Crippen molar-refractivity contribution in [3.63, 3.8) is 0 Å². The Morgan fingerprint density at radius 3 is 2.68 bits per heavy atom. The Kier molecular flexibility index (Phi) is 4.16. The summed E-state index contributed by atoms with van der Waals surface area (Å²) in [6.45, 7) is 4.06. The maximum Gasteiger partial charge on any atom is 0.326 e. The number of rotatable bonds is 3. The Hall–Kier alpha value is -1.88. The van der Waals surface area contributed by atoms with Gasteiger partial charge in [0.25, 0.3) is 0 Å². The molecule has 0 unspecified atom stereocenters. The summed E-state index contributed by atoms with van der Waals surface area (Å²) in [7, 11) is 0. The summed E-state index contributed by atoms with van der Waals surface area (Å²) in [5, 5.41) is 9.25. The number of carbonyl (C=O) groups is 2. The molecule has 0 saturated carbocycles. The summed E-state index contributed by atoms with van der Waals surface area (Å²) in [6.07, 6.45) is 2.28. The smallest absolute Gasteiger partial charge is 0.326 e. The maximum absolute atomic E-state index is 12.7. The van der Waals surface area contributed by atoms with Crippen molar-refractivity contribution in [2.45, 2.75) is 44.8 Å². The molecule has 5 nitrogen and oxygen atoms in total. The van der Waals surface area contributed by atoms with Gasteiger partial charge in [-0.15, -0.1) is 0 Å². The van der Waals surface area contributed by atoms with Crippen LogP contribution in [0.2, 0.25) is 0 Å². The van der Waals surface area contributed by atoms with Gasteiger partial charge in [-0.05, 0) is 37.3 Å². The molecule has 1 amide bonds. The number of carboxylic acid groups (broad SMARTS) is 1. The number of hydrogen-bond acceptors (Lipinski definition) is 3. The number of fused-ring (bicyclic) bond motifs is 1. The van der Waals surface area contributed by atoms with E-state index in [0.29, 0.717) is 13.0 Å². The number of amides is 1. The van der Waals surface area contributed by atoms with Gasteiger partial charge in [0.2, 0.25) is 5.91 Å². The molecule has 0 aliphatic carbocycles. The molecule has 0 radical (unpaired) electrons. The molecule has 2 atom stereocenters. The lowest BCUT2D eigenvalue weighted by Crippen LogP contribution is -2.51. The van der Waals surface area contributed by atoms with Crippen LogP contribution < -0.4 is 0 Å². The predicted octanol–water partition coefficient (Wildman–Crippen LogP) is 1.51. The first kappa shape index (κ1) is 15.0. The lowest BCUT2D eigenvalue weighted by molar-refractivity contribution is -0.150. The number of likely N-dealkylation sites (tertiary alicyclic amines) is 1. The zero-order chi connectivity index (χ0) is 15.7. The van der Waals surface area contributed by atoms with Crippen LogP contribution >= 0.6 is 0 Å². The third-order valence-electron chi connectivity index (χ3n) is 4.89. The topological polar surface area (TPSA) is 60.9 Å². The summed E-state index contributed by atoms with van der Waals surface area (Å²) in [5.41, 5.74) is 2.62. The van der Waals surface area contributed by atoms with Gasteiger partial charge >= 0.3 is 5.97 Å². The van der Waals surface area contributed by atoms with E-state index < -0.39 is 12.0 Å². The Balaban J connectivity index is 1.70. The van der Waals surface area contributed by atoms with Crippen LogP contribution in [0.25, 0.3) is 0 Å². The van der Waals surface area contributed by atoms with Crippen LogP contribution in [-0.2, 0) is 22.6 Å². The van der Waals surface area contributed by atoms with Gasteiger partial charge in [0.15, 0.2) is 0 Å². The van der Waals surface area contributed by atoms with Gasteiger partial charge in [0.05, 0.1) is 6.04 Å². The molecule has 1 saturated heterocycles. The van der Waals surface area contributed by atoms with Gasteiger partial charge in [-0.2, -0.15) is 0 Å². The number of aliphatic carboxylic acids is 1. The van der Waals surface area contributed by atoms with Crippen LogP contribution in [-0.4, -0.2) is 52.0 Å². The summed E-state index contributed by atoms with van der Waals surface area (Å²) in [5.74, 6) is -0.939. The molecule has 1 fully saturated rings. The van der Waals surface area contributed by atoms with Crippen molar-refractivity contribution in [1.29, 1.82) is 0 Å².